The molecule has 5 nitrogen and oxygen atoms in total. The number of aromatic nitrogens is 2. The molecule has 0 saturated carbocycles. The quantitative estimate of drug-likeness (QED) is 0.916. The molecule has 0 atom stereocenters. The highest BCUT2D eigenvalue weighted by molar-refractivity contribution is 5.92. The van der Waals surface area contributed by atoms with Gasteiger partial charge in [-0.15, -0.1) is 10.2 Å². The predicted octanol–water partition coefficient (Wildman–Crippen LogP) is 3.63. The van der Waals surface area contributed by atoms with Crippen molar-refractivity contribution in [2.45, 2.75) is 34.6 Å². The van der Waals surface area contributed by atoms with Crippen LogP contribution < -0.4 is 5.32 Å². The summed E-state index contributed by atoms with van der Waals surface area (Å²) in [6.07, 6.45) is 0. The van der Waals surface area contributed by atoms with Crippen LogP contribution in [0.15, 0.2) is 24.3 Å². The summed E-state index contributed by atoms with van der Waals surface area (Å²) in [4.78, 5) is 14.0. The number of hydrogen-bond donors (Lipinski definition) is 1. The van der Waals surface area contributed by atoms with Crippen molar-refractivity contribution < 1.29 is 4.79 Å². The Labute approximate surface area is 137 Å². The van der Waals surface area contributed by atoms with Gasteiger partial charge in [-0.05, 0) is 57.9 Å². The number of nitrogens with one attached hydrogen (secondary N) is 1. The Balaban J connectivity index is 2.19. The van der Waals surface area contributed by atoms with Crippen molar-refractivity contribution >= 4 is 17.4 Å². The molecule has 1 heterocycles. The van der Waals surface area contributed by atoms with Crippen molar-refractivity contribution in [3.63, 3.8) is 0 Å². The molecule has 0 aliphatic rings. The van der Waals surface area contributed by atoms with Crippen LogP contribution in [0.4, 0.5) is 11.5 Å². The maximum atomic E-state index is 12.2. The van der Waals surface area contributed by atoms with Gasteiger partial charge in [0.15, 0.2) is 11.5 Å². The molecule has 1 aromatic carbocycles. The smallest absolute Gasteiger partial charge is 0.274 e. The van der Waals surface area contributed by atoms with Crippen LogP contribution in [0.1, 0.15) is 41.0 Å². The third-order valence-electron chi connectivity index (χ3n) is 3.86. The van der Waals surface area contributed by atoms with Gasteiger partial charge in [-0.2, -0.15) is 0 Å². The molecule has 23 heavy (non-hydrogen) atoms. The lowest BCUT2D eigenvalue weighted by molar-refractivity contribution is 0.0766. The summed E-state index contributed by atoms with van der Waals surface area (Å²) in [5, 5.41) is 11.5. The average molecular weight is 312 g/mol. The first kappa shape index (κ1) is 16.9. The van der Waals surface area contributed by atoms with E-state index in [9.17, 15) is 4.79 Å². The van der Waals surface area contributed by atoms with Crippen molar-refractivity contribution in [3.05, 3.63) is 46.6 Å². The van der Waals surface area contributed by atoms with Crippen LogP contribution in [0.5, 0.6) is 0 Å². The maximum Gasteiger partial charge on any atom is 0.274 e. The van der Waals surface area contributed by atoms with Gasteiger partial charge in [-0.25, -0.2) is 0 Å². The molecule has 0 aliphatic carbocycles. The number of nitrogens with zero attached hydrogens (tertiary/aromatic N) is 3. The standard InChI is InChI=1S/C18H24N4O/c1-6-22(7-2)18(23)15-8-9-16(21-20-15)19-17-13(4)10-12(3)11-14(17)5/h8-11H,6-7H2,1-5H3,(H,19,21). The molecule has 0 saturated heterocycles. The van der Waals surface area contributed by atoms with E-state index in [1.807, 2.05) is 13.8 Å². The number of anilines is 2. The highest BCUT2D eigenvalue weighted by Crippen LogP contribution is 2.24. The number of benzene rings is 1. The zero-order valence-electron chi connectivity index (χ0n) is 14.5. The fraction of sp³-hybridized carbons (Fsp3) is 0.389. The summed E-state index contributed by atoms with van der Waals surface area (Å²) >= 11 is 0. The van der Waals surface area contributed by atoms with Gasteiger partial charge in [0.1, 0.15) is 0 Å². The fourth-order valence-corrected chi connectivity index (χ4v) is 2.69. The Bertz CT molecular complexity index is 668. The monoisotopic (exact) mass is 312 g/mol. The molecular formula is C18H24N4O. The molecule has 0 fully saturated rings. The molecule has 1 amide bonds. The Hall–Kier alpha value is -2.43. The van der Waals surface area contributed by atoms with E-state index in [-0.39, 0.29) is 5.91 Å². The van der Waals surface area contributed by atoms with Crippen LogP contribution in [0.25, 0.3) is 0 Å². The minimum atomic E-state index is -0.0863. The van der Waals surface area contributed by atoms with Crippen LogP contribution >= 0.6 is 0 Å². The van der Waals surface area contributed by atoms with Gasteiger partial charge >= 0.3 is 0 Å². The van der Waals surface area contributed by atoms with Crippen LogP contribution in [-0.4, -0.2) is 34.1 Å². The van der Waals surface area contributed by atoms with Gasteiger partial charge in [0, 0.05) is 18.8 Å². The molecule has 1 N–H and O–H groups in total. The number of amides is 1. The number of carbonyl (C=O) groups excluding carboxylic acids is 1. The third kappa shape index (κ3) is 3.86. The van der Waals surface area contributed by atoms with Gasteiger partial charge in [0.05, 0.1) is 0 Å². The Morgan fingerprint density at radius 3 is 2.13 bits per heavy atom. The molecule has 5 heteroatoms. The summed E-state index contributed by atoms with van der Waals surface area (Å²) in [5.41, 5.74) is 4.96. The molecule has 0 spiro atoms. The second-order valence-corrected chi connectivity index (χ2v) is 5.68. The van der Waals surface area contributed by atoms with Gasteiger partial charge in [0.25, 0.3) is 5.91 Å². The first-order valence-corrected chi connectivity index (χ1v) is 7.94. The summed E-state index contributed by atoms with van der Waals surface area (Å²) in [6, 6.07) is 7.76. The molecule has 2 aromatic rings. The van der Waals surface area contributed by atoms with E-state index >= 15 is 0 Å². The van der Waals surface area contributed by atoms with Crippen molar-refractivity contribution in [1.29, 1.82) is 0 Å². The molecule has 0 unspecified atom stereocenters. The Morgan fingerprint density at radius 1 is 1.04 bits per heavy atom. The van der Waals surface area contributed by atoms with E-state index in [0.29, 0.717) is 24.6 Å². The van der Waals surface area contributed by atoms with Crippen molar-refractivity contribution in [1.82, 2.24) is 15.1 Å². The molecule has 0 bridgehead atoms. The van der Waals surface area contributed by atoms with E-state index in [1.54, 1.807) is 17.0 Å². The Kier molecular flexibility index (Phi) is 5.32. The minimum Gasteiger partial charge on any atom is -0.338 e. The fourth-order valence-electron chi connectivity index (χ4n) is 2.69. The Morgan fingerprint density at radius 2 is 1.65 bits per heavy atom. The van der Waals surface area contributed by atoms with E-state index < -0.39 is 0 Å². The number of aryl methyl sites for hydroxylation is 3. The lowest BCUT2D eigenvalue weighted by atomic mass is 10.1. The molecule has 122 valence electrons. The van der Waals surface area contributed by atoms with Gasteiger partial charge in [-0.3, -0.25) is 4.79 Å². The van der Waals surface area contributed by atoms with Gasteiger partial charge in [-0.1, -0.05) is 17.7 Å². The van der Waals surface area contributed by atoms with Crippen LogP contribution in [0.3, 0.4) is 0 Å². The molecule has 2 rings (SSSR count). The van der Waals surface area contributed by atoms with Crippen molar-refractivity contribution in [2.24, 2.45) is 0 Å². The van der Waals surface area contributed by atoms with Crippen LogP contribution in [0.2, 0.25) is 0 Å². The molecule has 0 radical (unpaired) electrons. The lowest BCUT2D eigenvalue weighted by Crippen LogP contribution is -2.31. The van der Waals surface area contributed by atoms with Gasteiger partial charge in [0.2, 0.25) is 0 Å². The van der Waals surface area contributed by atoms with Gasteiger partial charge < -0.3 is 10.2 Å². The summed E-state index contributed by atoms with van der Waals surface area (Å²) in [5.74, 6) is 0.549. The molecular weight excluding hydrogens is 288 g/mol. The zero-order valence-corrected chi connectivity index (χ0v) is 14.5. The van der Waals surface area contributed by atoms with E-state index in [4.69, 9.17) is 0 Å². The molecule has 1 aromatic heterocycles. The second kappa shape index (κ2) is 7.22. The minimum absolute atomic E-state index is 0.0863. The zero-order chi connectivity index (χ0) is 17.0. The first-order chi connectivity index (χ1) is 11.0. The largest absolute Gasteiger partial charge is 0.338 e. The number of hydrogen-bond acceptors (Lipinski definition) is 4. The summed E-state index contributed by atoms with van der Waals surface area (Å²) < 4.78 is 0. The summed E-state index contributed by atoms with van der Waals surface area (Å²) in [6.45, 7) is 11.4. The van der Waals surface area contributed by atoms with Crippen LogP contribution in [-0.2, 0) is 0 Å². The maximum absolute atomic E-state index is 12.2. The predicted molar refractivity (Wildman–Crippen MR) is 93.2 cm³/mol. The highest BCUT2D eigenvalue weighted by atomic mass is 16.2. The topological polar surface area (TPSA) is 58.1 Å². The second-order valence-electron chi connectivity index (χ2n) is 5.68. The summed E-state index contributed by atoms with van der Waals surface area (Å²) in [7, 11) is 0. The third-order valence-corrected chi connectivity index (χ3v) is 3.86. The highest BCUT2D eigenvalue weighted by Gasteiger charge is 2.14. The van der Waals surface area contributed by atoms with E-state index in [2.05, 4.69) is 48.4 Å². The van der Waals surface area contributed by atoms with Crippen molar-refractivity contribution in [2.75, 3.05) is 18.4 Å². The number of carbonyl (C=O) groups is 1. The van der Waals surface area contributed by atoms with Crippen molar-refractivity contribution in [3.8, 4) is 0 Å². The number of rotatable bonds is 5. The average Bonchev–Trinajstić information content (AvgIpc) is 2.52. The normalized spacial score (nSPS) is 10.5. The molecule has 0 aliphatic heterocycles. The van der Waals surface area contributed by atoms with E-state index in [1.165, 1.54) is 5.56 Å². The first-order valence-electron chi connectivity index (χ1n) is 7.94. The lowest BCUT2D eigenvalue weighted by Gasteiger charge is -2.17. The SMILES string of the molecule is CCN(CC)C(=O)c1ccc(Nc2c(C)cc(C)cc2C)nn1. The van der Waals surface area contributed by atoms with E-state index in [0.717, 1.165) is 16.8 Å². The van der Waals surface area contributed by atoms with Crippen LogP contribution in [0, 0.1) is 20.8 Å².